The van der Waals surface area contributed by atoms with Crippen molar-refractivity contribution in [1.29, 1.82) is 0 Å². The summed E-state index contributed by atoms with van der Waals surface area (Å²) >= 11 is 0. The fourth-order valence-corrected chi connectivity index (χ4v) is 3.40. The second-order valence-corrected chi connectivity index (χ2v) is 7.32. The van der Waals surface area contributed by atoms with E-state index in [1.165, 1.54) is 0 Å². The molecular weight excluding hydrogens is 340 g/mol. The minimum Gasteiger partial charge on any atom is -0.488 e. The van der Waals surface area contributed by atoms with Gasteiger partial charge in [0.15, 0.2) is 0 Å². The predicted molar refractivity (Wildman–Crippen MR) is 106 cm³/mol. The lowest BCUT2D eigenvalue weighted by Crippen LogP contribution is -2.48. The molecule has 2 aromatic carbocycles. The number of nitrogens with zero attached hydrogens (tertiary/aromatic N) is 2. The Bertz CT molecular complexity index is 753. The quantitative estimate of drug-likeness (QED) is 0.811. The molecule has 1 fully saturated rings. The molecule has 1 heterocycles. The van der Waals surface area contributed by atoms with E-state index >= 15 is 0 Å². The van der Waals surface area contributed by atoms with Gasteiger partial charge in [-0.25, -0.2) is 4.79 Å². The van der Waals surface area contributed by atoms with Crippen LogP contribution in [0.2, 0.25) is 0 Å². The molecule has 5 nitrogen and oxygen atoms in total. The molecule has 1 aliphatic rings. The van der Waals surface area contributed by atoms with Crippen LogP contribution < -0.4 is 4.74 Å². The molecule has 0 aromatic heterocycles. The molecule has 0 spiro atoms. The maximum absolute atomic E-state index is 11.7. The number of benzene rings is 2. The lowest BCUT2D eigenvalue weighted by molar-refractivity contribution is 0.0691. The molecule has 0 aliphatic carbocycles. The summed E-state index contributed by atoms with van der Waals surface area (Å²) in [5.41, 5.74) is 2.25. The van der Waals surface area contributed by atoms with Gasteiger partial charge in [-0.05, 0) is 37.1 Å². The van der Waals surface area contributed by atoms with E-state index in [1.54, 1.807) is 12.1 Å². The fraction of sp³-hybridized carbons (Fsp3) is 0.409. The molecule has 0 radical (unpaired) electrons. The van der Waals surface area contributed by atoms with Crippen molar-refractivity contribution < 1.29 is 14.6 Å². The van der Waals surface area contributed by atoms with E-state index in [1.807, 2.05) is 36.4 Å². The molecule has 0 bridgehead atoms. The molecule has 0 saturated carbocycles. The SMILES string of the molecule is CC(C)N1CCN(Cc2ccc(OCc3ccccc3)c(C(=O)O)c2)CC1. The summed E-state index contributed by atoms with van der Waals surface area (Å²) in [6.45, 7) is 9.71. The second-order valence-electron chi connectivity index (χ2n) is 7.32. The van der Waals surface area contributed by atoms with Crippen LogP contribution in [0.25, 0.3) is 0 Å². The Labute approximate surface area is 161 Å². The average molecular weight is 368 g/mol. The van der Waals surface area contributed by atoms with Crippen LogP contribution in [-0.4, -0.2) is 53.1 Å². The van der Waals surface area contributed by atoms with E-state index in [0.717, 1.165) is 43.9 Å². The number of carboxylic acid groups (broad SMARTS) is 1. The van der Waals surface area contributed by atoms with Gasteiger partial charge in [0, 0.05) is 38.8 Å². The van der Waals surface area contributed by atoms with Crippen molar-refractivity contribution in [3.05, 3.63) is 65.2 Å². The molecule has 1 aliphatic heterocycles. The van der Waals surface area contributed by atoms with E-state index in [-0.39, 0.29) is 5.56 Å². The average Bonchev–Trinajstić information content (AvgIpc) is 2.68. The highest BCUT2D eigenvalue weighted by molar-refractivity contribution is 5.91. The van der Waals surface area contributed by atoms with E-state index in [9.17, 15) is 9.90 Å². The van der Waals surface area contributed by atoms with Gasteiger partial charge in [0.2, 0.25) is 0 Å². The van der Waals surface area contributed by atoms with Crippen LogP contribution in [0.1, 0.15) is 35.3 Å². The van der Waals surface area contributed by atoms with Crippen LogP contribution in [0.3, 0.4) is 0 Å². The second kappa shape index (κ2) is 9.02. The summed E-state index contributed by atoms with van der Waals surface area (Å²) in [6, 6.07) is 15.8. The van der Waals surface area contributed by atoms with Crippen LogP contribution in [0.15, 0.2) is 48.5 Å². The van der Waals surface area contributed by atoms with Crippen LogP contribution in [-0.2, 0) is 13.2 Å². The number of piperazine rings is 1. The predicted octanol–water partition coefficient (Wildman–Crippen LogP) is 3.49. The number of ether oxygens (including phenoxy) is 1. The Morgan fingerprint density at radius 3 is 2.37 bits per heavy atom. The van der Waals surface area contributed by atoms with E-state index < -0.39 is 5.97 Å². The third kappa shape index (κ3) is 5.31. The maximum atomic E-state index is 11.7. The highest BCUT2D eigenvalue weighted by atomic mass is 16.5. The van der Waals surface area contributed by atoms with E-state index in [2.05, 4.69) is 23.6 Å². The van der Waals surface area contributed by atoms with Crippen molar-refractivity contribution in [2.45, 2.75) is 33.0 Å². The van der Waals surface area contributed by atoms with Gasteiger partial charge >= 0.3 is 5.97 Å². The Kier molecular flexibility index (Phi) is 6.48. The van der Waals surface area contributed by atoms with Gasteiger partial charge in [0.05, 0.1) is 0 Å². The molecule has 2 aromatic rings. The van der Waals surface area contributed by atoms with Crippen molar-refractivity contribution in [2.75, 3.05) is 26.2 Å². The van der Waals surface area contributed by atoms with Crippen LogP contribution in [0.4, 0.5) is 0 Å². The summed E-state index contributed by atoms with van der Waals surface area (Å²) in [6.07, 6.45) is 0. The Balaban J connectivity index is 1.64. The molecule has 1 N–H and O–H groups in total. The summed E-state index contributed by atoms with van der Waals surface area (Å²) < 4.78 is 5.77. The van der Waals surface area contributed by atoms with Crippen molar-refractivity contribution >= 4 is 5.97 Å². The third-order valence-electron chi connectivity index (χ3n) is 5.05. The first-order valence-electron chi connectivity index (χ1n) is 9.52. The normalized spacial score (nSPS) is 15.8. The van der Waals surface area contributed by atoms with Gasteiger partial charge in [-0.15, -0.1) is 0 Å². The maximum Gasteiger partial charge on any atom is 0.339 e. The van der Waals surface area contributed by atoms with Gasteiger partial charge in [0.1, 0.15) is 17.9 Å². The fourth-order valence-electron chi connectivity index (χ4n) is 3.40. The first-order chi connectivity index (χ1) is 13.0. The van der Waals surface area contributed by atoms with Crippen molar-refractivity contribution in [1.82, 2.24) is 9.80 Å². The molecule has 27 heavy (non-hydrogen) atoms. The molecule has 0 atom stereocenters. The minimum absolute atomic E-state index is 0.226. The van der Waals surface area contributed by atoms with Crippen molar-refractivity contribution in [3.63, 3.8) is 0 Å². The molecule has 0 amide bonds. The number of carbonyl (C=O) groups is 1. The van der Waals surface area contributed by atoms with Crippen LogP contribution in [0, 0.1) is 0 Å². The van der Waals surface area contributed by atoms with E-state index in [0.29, 0.717) is 18.4 Å². The smallest absolute Gasteiger partial charge is 0.339 e. The van der Waals surface area contributed by atoms with Crippen molar-refractivity contribution in [3.8, 4) is 5.75 Å². The molecule has 144 valence electrons. The lowest BCUT2D eigenvalue weighted by Gasteiger charge is -2.37. The van der Waals surface area contributed by atoms with Gasteiger partial charge in [-0.1, -0.05) is 36.4 Å². The summed E-state index contributed by atoms with van der Waals surface area (Å²) in [5.74, 6) is -0.538. The summed E-state index contributed by atoms with van der Waals surface area (Å²) in [5, 5.41) is 9.59. The number of carboxylic acids is 1. The standard InChI is InChI=1S/C22H28N2O3/c1-17(2)24-12-10-23(11-13-24)15-19-8-9-21(20(14-19)22(25)26)27-16-18-6-4-3-5-7-18/h3-9,14,17H,10-13,15-16H2,1-2H3,(H,25,26). The first-order valence-corrected chi connectivity index (χ1v) is 9.52. The van der Waals surface area contributed by atoms with Crippen molar-refractivity contribution in [2.24, 2.45) is 0 Å². The third-order valence-corrected chi connectivity index (χ3v) is 5.05. The Hall–Kier alpha value is -2.37. The zero-order chi connectivity index (χ0) is 19.2. The molecular formula is C22H28N2O3. The van der Waals surface area contributed by atoms with Gasteiger partial charge in [0.25, 0.3) is 0 Å². The minimum atomic E-state index is -0.954. The van der Waals surface area contributed by atoms with Crippen LogP contribution >= 0.6 is 0 Å². The number of hydrogen-bond acceptors (Lipinski definition) is 4. The molecule has 1 saturated heterocycles. The molecule has 5 heteroatoms. The molecule has 0 unspecified atom stereocenters. The largest absolute Gasteiger partial charge is 0.488 e. The summed E-state index contributed by atoms with van der Waals surface area (Å²) in [4.78, 5) is 16.5. The monoisotopic (exact) mass is 368 g/mol. The number of aromatic carboxylic acids is 1. The van der Waals surface area contributed by atoms with Gasteiger partial charge < -0.3 is 9.84 Å². The Morgan fingerprint density at radius 2 is 1.74 bits per heavy atom. The van der Waals surface area contributed by atoms with Gasteiger partial charge in [-0.3, -0.25) is 9.80 Å². The topological polar surface area (TPSA) is 53.0 Å². The number of hydrogen-bond donors (Lipinski definition) is 1. The van der Waals surface area contributed by atoms with Crippen LogP contribution in [0.5, 0.6) is 5.75 Å². The zero-order valence-electron chi connectivity index (χ0n) is 16.1. The molecule has 3 rings (SSSR count). The van der Waals surface area contributed by atoms with E-state index in [4.69, 9.17) is 4.74 Å². The highest BCUT2D eigenvalue weighted by Gasteiger charge is 2.20. The number of rotatable bonds is 7. The zero-order valence-corrected chi connectivity index (χ0v) is 16.1. The lowest BCUT2D eigenvalue weighted by atomic mass is 10.1. The summed E-state index contributed by atoms with van der Waals surface area (Å²) in [7, 11) is 0. The van der Waals surface area contributed by atoms with Gasteiger partial charge in [-0.2, -0.15) is 0 Å². The Morgan fingerprint density at radius 1 is 1.04 bits per heavy atom. The first kappa shape index (κ1) is 19.4. The highest BCUT2D eigenvalue weighted by Crippen LogP contribution is 2.23.